The number of benzene rings is 1. The zero-order valence-electron chi connectivity index (χ0n) is 17.8. The summed E-state index contributed by atoms with van der Waals surface area (Å²) in [6, 6.07) is 7.34. The topological polar surface area (TPSA) is 0 Å². The van der Waals surface area contributed by atoms with Gasteiger partial charge in [0.25, 0.3) is 0 Å². The molecule has 1 aromatic rings. The predicted molar refractivity (Wildman–Crippen MR) is 106 cm³/mol. The number of nitrogens with zero attached hydrogens (tertiary/aromatic N) is 3. The number of quaternary nitrogens is 3. The van der Waals surface area contributed by atoms with Gasteiger partial charge in [0.2, 0.25) is 0 Å². The van der Waals surface area contributed by atoms with E-state index in [2.05, 4.69) is 81.6 Å². The maximum atomic E-state index is 2.45. The Labute approximate surface area is 151 Å². The standard InChI is InChI=1S/C21H42N3/c1-22(2,3)13-10-19-16-20(11-14-23(4,5)6)18-21(17-19)12-15-24(7,8)9/h16-18H,10-15H2,1-9H3/q+3. The van der Waals surface area contributed by atoms with E-state index in [0.29, 0.717) is 0 Å². The minimum atomic E-state index is 1.03. The average Bonchev–Trinajstić information content (AvgIpc) is 2.38. The third-order valence-corrected chi connectivity index (χ3v) is 4.33. The summed E-state index contributed by atoms with van der Waals surface area (Å²) in [5, 5.41) is 0. The second-order valence-electron chi connectivity index (χ2n) is 10.4. The summed E-state index contributed by atoms with van der Waals surface area (Å²) in [7, 11) is 20.5. The minimum absolute atomic E-state index is 1.03. The zero-order valence-corrected chi connectivity index (χ0v) is 17.8. The van der Waals surface area contributed by atoms with Crippen LogP contribution in [0.2, 0.25) is 0 Å². The first kappa shape index (κ1) is 21.1. The van der Waals surface area contributed by atoms with E-state index in [1.54, 1.807) is 0 Å². The van der Waals surface area contributed by atoms with Crippen molar-refractivity contribution in [3.8, 4) is 0 Å². The second kappa shape index (κ2) is 7.99. The fourth-order valence-electron chi connectivity index (χ4n) is 2.67. The molecule has 1 aromatic carbocycles. The lowest BCUT2D eigenvalue weighted by molar-refractivity contribution is -0.870. The van der Waals surface area contributed by atoms with Crippen molar-refractivity contribution in [3.63, 3.8) is 0 Å². The Kier molecular flexibility index (Phi) is 7.04. The van der Waals surface area contributed by atoms with E-state index >= 15 is 0 Å². The van der Waals surface area contributed by atoms with Crippen molar-refractivity contribution in [1.29, 1.82) is 0 Å². The van der Waals surface area contributed by atoms with E-state index in [1.807, 2.05) is 0 Å². The lowest BCUT2D eigenvalue weighted by atomic mass is 9.99. The number of likely N-dealkylation sites (N-methyl/N-ethyl adjacent to an activating group) is 3. The normalized spacial score (nSPS) is 13.4. The molecular weight excluding hydrogens is 294 g/mol. The molecule has 0 bridgehead atoms. The van der Waals surface area contributed by atoms with E-state index in [0.717, 1.165) is 13.4 Å². The van der Waals surface area contributed by atoms with Gasteiger partial charge in [-0.25, -0.2) is 0 Å². The van der Waals surface area contributed by atoms with Gasteiger partial charge in [-0.1, -0.05) is 18.2 Å². The lowest BCUT2D eigenvalue weighted by Crippen LogP contribution is -2.37. The van der Waals surface area contributed by atoms with Crippen LogP contribution in [0.15, 0.2) is 18.2 Å². The average molecular weight is 337 g/mol. The monoisotopic (exact) mass is 336 g/mol. The molecule has 0 saturated carbocycles. The van der Waals surface area contributed by atoms with Gasteiger partial charge in [0, 0.05) is 19.3 Å². The van der Waals surface area contributed by atoms with Crippen molar-refractivity contribution in [3.05, 3.63) is 34.9 Å². The molecule has 0 atom stereocenters. The molecule has 0 saturated heterocycles. The largest absolute Gasteiger partial charge is 0.331 e. The Morgan fingerprint density at radius 2 is 0.667 bits per heavy atom. The van der Waals surface area contributed by atoms with E-state index < -0.39 is 0 Å². The zero-order chi connectivity index (χ0) is 18.6. The Bertz CT molecular complexity index is 425. The molecule has 138 valence electrons. The number of hydrogen-bond acceptors (Lipinski definition) is 0. The highest BCUT2D eigenvalue weighted by atomic mass is 15.3. The highest BCUT2D eigenvalue weighted by Gasteiger charge is 2.13. The second-order valence-corrected chi connectivity index (χ2v) is 10.4. The fourth-order valence-corrected chi connectivity index (χ4v) is 2.67. The molecule has 0 aliphatic rings. The quantitative estimate of drug-likeness (QED) is 0.608. The third-order valence-electron chi connectivity index (χ3n) is 4.33. The van der Waals surface area contributed by atoms with Crippen LogP contribution < -0.4 is 0 Å². The van der Waals surface area contributed by atoms with Crippen LogP contribution in [-0.2, 0) is 19.3 Å². The van der Waals surface area contributed by atoms with E-state index in [4.69, 9.17) is 0 Å². The molecule has 24 heavy (non-hydrogen) atoms. The van der Waals surface area contributed by atoms with Crippen molar-refractivity contribution in [1.82, 2.24) is 0 Å². The molecule has 3 nitrogen and oxygen atoms in total. The molecule has 3 heteroatoms. The lowest BCUT2D eigenvalue weighted by Gasteiger charge is -2.26. The van der Waals surface area contributed by atoms with E-state index in [1.165, 1.54) is 55.6 Å². The summed E-state index contributed by atoms with van der Waals surface area (Å²) in [6.07, 6.45) is 3.50. The van der Waals surface area contributed by atoms with Gasteiger partial charge in [-0.15, -0.1) is 0 Å². The maximum Gasteiger partial charge on any atom is 0.0821 e. The van der Waals surface area contributed by atoms with Gasteiger partial charge in [0.05, 0.1) is 83.1 Å². The van der Waals surface area contributed by atoms with Crippen LogP contribution in [0, 0.1) is 0 Å². The first-order valence-electron chi connectivity index (χ1n) is 9.27. The molecule has 0 aliphatic heterocycles. The van der Waals surface area contributed by atoms with Gasteiger partial charge in [-0.05, 0) is 16.7 Å². The van der Waals surface area contributed by atoms with Crippen LogP contribution in [-0.4, -0.2) is 96.5 Å². The van der Waals surface area contributed by atoms with E-state index in [9.17, 15) is 0 Å². The molecule has 1 rings (SSSR count). The molecule has 0 unspecified atom stereocenters. The summed E-state index contributed by atoms with van der Waals surface area (Å²) in [5.41, 5.74) is 4.54. The summed E-state index contributed by atoms with van der Waals surface area (Å²) in [4.78, 5) is 0. The maximum absolute atomic E-state index is 2.45. The first-order valence-corrected chi connectivity index (χ1v) is 9.27. The number of hydrogen-bond donors (Lipinski definition) is 0. The van der Waals surface area contributed by atoms with Crippen molar-refractivity contribution in [2.75, 3.05) is 83.1 Å². The van der Waals surface area contributed by atoms with Crippen LogP contribution in [0.5, 0.6) is 0 Å². The van der Waals surface area contributed by atoms with Crippen LogP contribution in [0.25, 0.3) is 0 Å². The molecule has 0 radical (unpaired) electrons. The van der Waals surface area contributed by atoms with Crippen molar-refractivity contribution in [2.45, 2.75) is 19.3 Å². The van der Waals surface area contributed by atoms with E-state index in [-0.39, 0.29) is 0 Å². The van der Waals surface area contributed by atoms with Gasteiger partial charge in [0.15, 0.2) is 0 Å². The van der Waals surface area contributed by atoms with Gasteiger partial charge in [0.1, 0.15) is 0 Å². The molecular formula is C21H42N3+3. The Morgan fingerprint density at radius 3 is 0.833 bits per heavy atom. The molecule has 0 fully saturated rings. The number of rotatable bonds is 9. The molecule has 0 heterocycles. The van der Waals surface area contributed by atoms with Gasteiger partial charge in [-0.2, -0.15) is 0 Å². The summed E-state index contributed by atoms with van der Waals surface area (Å²) < 4.78 is 3.08. The molecule has 0 aliphatic carbocycles. The van der Waals surface area contributed by atoms with Crippen molar-refractivity contribution in [2.24, 2.45) is 0 Å². The predicted octanol–water partition coefficient (Wildman–Crippen LogP) is 2.43. The summed E-state index contributed by atoms with van der Waals surface area (Å²) >= 11 is 0. The van der Waals surface area contributed by atoms with Crippen LogP contribution >= 0.6 is 0 Å². The molecule has 0 amide bonds. The molecule has 0 aromatic heterocycles. The third kappa shape index (κ3) is 10.1. The van der Waals surface area contributed by atoms with Crippen LogP contribution in [0.1, 0.15) is 16.7 Å². The Balaban J connectivity index is 2.91. The van der Waals surface area contributed by atoms with Crippen LogP contribution in [0.4, 0.5) is 0 Å². The van der Waals surface area contributed by atoms with Crippen LogP contribution in [0.3, 0.4) is 0 Å². The smallest absolute Gasteiger partial charge is 0.0821 e. The van der Waals surface area contributed by atoms with Crippen molar-refractivity contribution >= 4 is 0 Å². The first-order chi connectivity index (χ1) is 10.7. The molecule has 0 N–H and O–H groups in total. The van der Waals surface area contributed by atoms with Gasteiger partial charge >= 0.3 is 0 Å². The highest BCUT2D eigenvalue weighted by molar-refractivity contribution is 5.31. The minimum Gasteiger partial charge on any atom is -0.331 e. The van der Waals surface area contributed by atoms with Crippen molar-refractivity contribution < 1.29 is 13.4 Å². The Morgan fingerprint density at radius 1 is 0.458 bits per heavy atom. The fraction of sp³-hybridized carbons (Fsp3) is 0.714. The Hall–Kier alpha value is -0.900. The van der Waals surface area contributed by atoms with Gasteiger partial charge in [-0.3, -0.25) is 0 Å². The summed E-state index contributed by atoms with van der Waals surface area (Å²) in [5.74, 6) is 0. The molecule has 0 spiro atoms. The SMILES string of the molecule is C[N+](C)(C)CCc1cc(CC[N+](C)(C)C)cc(CC[N+](C)(C)C)c1. The van der Waals surface area contributed by atoms with Gasteiger partial charge < -0.3 is 13.4 Å². The highest BCUT2D eigenvalue weighted by Crippen LogP contribution is 2.15. The summed E-state index contributed by atoms with van der Waals surface area (Å²) in [6.45, 7) is 3.56.